The average Bonchev–Trinajstić information content (AvgIpc) is 3.58. The number of guanidine groups is 1. The predicted molar refractivity (Wildman–Crippen MR) is 200 cm³/mol. The molecule has 0 bridgehead atoms. The summed E-state index contributed by atoms with van der Waals surface area (Å²) in [5.41, 5.74) is 16.0. The molecular weight excluding hydrogens is 738 g/mol. The molecule has 1 saturated heterocycles. The smallest absolute Gasteiger partial charge is 0.305 e. The molecule has 0 aliphatic carbocycles. The minimum Gasteiger partial charge on any atom is -0.481 e. The minimum atomic E-state index is -1.68. The van der Waals surface area contributed by atoms with Crippen molar-refractivity contribution in [2.45, 2.75) is 122 Å². The van der Waals surface area contributed by atoms with Gasteiger partial charge in [0, 0.05) is 20.0 Å². The topological polar surface area (TPSA) is 360 Å². The standard InChI is InChI=1S/C34H59N11O11/c1-16(2)13-21(42-31(54)23-10-8-12-45(23)24(48)15-39-32(55)27(18(5)46)40-19(6)47)30(53)44-26(17(3)4)33(56)43-22(14-25(49)50)29(52)41-20(28(35)51)9-7-11-38-34(36)37/h16-18,20-23,26-27,46H,7-15H2,1-6H3,(H2,35,51)(H,39,55)(H,40,47)(H,41,52)(H,42,54)(H,43,56)(H,44,53)(H,49,50)(H4,36,37,38). The molecular formula is C34H59N11O11. The number of aliphatic hydroxyl groups excluding tert-OH is 1. The van der Waals surface area contributed by atoms with E-state index in [2.05, 4.69) is 36.9 Å². The van der Waals surface area contributed by atoms with Gasteiger partial charge in [-0.3, -0.25) is 48.1 Å². The molecule has 0 spiro atoms. The number of carbonyl (C=O) groups is 9. The number of aliphatic carboxylic acids is 1. The van der Waals surface area contributed by atoms with E-state index >= 15 is 0 Å². The molecule has 22 heteroatoms. The van der Waals surface area contributed by atoms with Gasteiger partial charge >= 0.3 is 5.97 Å². The van der Waals surface area contributed by atoms with E-state index in [0.717, 1.165) is 6.92 Å². The van der Waals surface area contributed by atoms with Crippen LogP contribution in [0.5, 0.6) is 0 Å². The Balaban J connectivity index is 3.10. The number of carboxylic acids is 1. The number of hydrogen-bond acceptors (Lipinski definition) is 11. The van der Waals surface area contributed by atoms with Crippen molar-refractivity contribution < 1.29 is 53.4 Å². The summed E-state index contributed by atoms with van der Waals surface area (Å²) >= 11 is 0. The van der Waals surface area contributed by atoms with Crippen LogP contribution in [0.15, 0.2) is 4.99 Å². The quantitative estimate of drug-likeness (QED) is 0.0265. The Hall–Kier alpha value is -5.54. The van der Waals surface area contributed by atoms with Gasteiger partial charge in [-0.15, -0.1) is 0 Å². The normalized spacial score (nSPS) is 16.9. The van der Waals surface area contributed by atoms with Gasteiger partial charge < -0.3 is 64.2 Å². The van der Waals surface area contributed by atoms with Crippen molar-refractivity contribution >= 4 is 59.2 Å². The Bertz CT molecular complexity index is 1470. The Morgan fingerprint density at radius 2 is 1.39 bits per heavy atom. The first kappa shape index (κ1) is 48.5. The van der Waals surface area contributed by atoms with Crippen LogP contribution in [0.4, 0.5) is 0 Å². The average molecular weight is 798 g/mol. The molecule has 0 aromatic heterocycles. The molecule has 1 aliphatic heterocycles. The number of nitrogens with zero attached hydrogens (tertiary/aromatic N) is 2. The molecule has 7 atom stereocenters. The number of rotatable bonds is 23. The molecule has 0 saturated carbocycles. The molecule has 0 aromatic carbocycles. The van der Waals surface area contributed by atoms with Gasteiger partial charge in [0.2, 0.25) is 47.3 Å². The van der Waals surface area contributed by atoms with Gasteiger partial charge in [0.15, 0.2) is 5.96 Å². The van der Waals surface area contributed by atoms with Gasteiger partial charge in [0.1, 0.15) is 36.3 Å². The fourth-order valence-electron chi connectivity index (χ4n) is 5.80. The Morgan fingerprint density at radius 1 is 0.786 bits per heavy atom. The number of amides is 8. The first-order valence-corrected chi connectivity index (χ1v) is 18.4. The van der Waals surface area contributed by atoms with Crippen LogP contribution in [0.2, 0.25) is 0 Å². The maximum atomic E-state index is 13.7. The largest absolute Gasteiger partial charge is 0.481 e. The van der Waals surface area contributed by atoms with Gasteiger partial charge in [-0.2, -0.15) is 0 Å². The van der Waals surface area contributed by atoms with Gasteiger partial charge in [0.25, 0.3) is 0 Å². The van der Waals surface area contributed by atoms with Gasteiger partial charge in [-0.25, -0.2) is 0 Å². The van der Waals surface area contributed by atoms with Crippen molar-refractivity contribution in [3.63, 3.8) is 0 Å². The molecule has 8 amide bonds. The number of nitrogens with one attached hydrogen (secondary N) is 6. The number of nitrogens with two attached hydrogens (primary N) is 3. The molecule has 0 radical (unpaired) electrons. The van der Waals surface area contributed by atoms with Crippen LogP contribution in [-0.4, -0.2) is 136 Å². The minimum absolute atomic E-state index is 0.00684. The zero-order chi connectivity index (χ0) is 42.9. The monoisotopic (exact) mass is 797 g/mol. The maximum absolute atomic E-state index is 13.7. The van der Waals surface area contributed by atoms with Crippen LogP contribution in [0.1, 0.15) is 80.1 Å². The SMILES string of the molecule is CC(=O)NC(C(=O)NCC(=O)N1CCCC1C(=O)NC(CC(C)C)C(=O)NC(C(=O)NC(CC(=O)O)C(=O)NC(CCCN=C(N)N)C(N)=O)C(C)C)C(C)O. The van der Waals surface area contributed by atoms with Crippen molar-refractivity contribution in [2.24, 2.45) is 34.0 Å². The Labute approximate surface area is 325 Å². The summed E-state index contributed by atoms with van der Waals surface area (Å²) in [6.07, 6.45) is -1.08. The highest BCUT2D eigenvalue weighted by Crippen LogP contribution is 2.19. The second kappa shape index (κ2) is 23.4. The van der Waals surface area contributed by atoms with E-state index in [1.54, 1.807) is 27.7 Å². The lowest BCUT2D eigenvalue weighted by Gasteiger charge is -2.29. The fraction of sp³-hybridized carbons (Fsp3) is 0.706. The van der Waals surface area contributed by atoms with E-state index in [9.17, 15) is 53.4 Å². The molecule has 14 N–H and O–H groups in total. The number of aliphatic imine (C=N–C) groups is 1. The number of carboxylic acid groups (broad SMARTS) is 1. The zero-order valence-electron chi connectivity index (χ0n) is 32.8. The van der Waals surface area contributed by atoms with Crippen LogP contribution in [0.25, 0.3) is 0 Å². The second-order valence-corrected chi connectivity index (χ2v) is 14.4. The Kier molecular flexibility index (Phi) is 20.3. The van der Waals surface area contributed by atoms with E-state index in [-0.39, 0.29) is 50.7 Å². The summed E-state index contributed by atoms with van der Waals surface area (Å²) in [5.74, 6) is -8.63. The molecule has 0 aromatic rings. The van der Waals surface area contributed by atoms with Crippen molar-refractivity contribution in [3.05, 3.63) is 0 Å². The molecule has 7 unspecified atom stereocenters. The number of aliphatic hydroxyl groups is 1. The van der Waals surface area contributed by atoms with Crippen molar-refractivity contribution in [1.29, 1.82) is 0 Å². The van der Waals surface area contributed by atoms with Gasteiger partial charge in [-0.1, -0.05) is 27.7 Å². The van der Waals surface area contributed by atoms with E-state index < -0.39 is 114 Å². The Morgan fingerprint density at radius 3 is 1.91 bits per heavy atom. The number of primary amides is 1. The fourth-order valence-corrected chi connectivity index (χ4v) is 5.80. The van der Waals surface area contributed by atoms with E-state index in [1.807, 2.05) is 0 Å². The third-order valence-electron chi connectivity index (χ3n) is 8.62. The summed E-state index contributed by atoms with van der Waals surface area (Å²) in [6, 6.07) is -7.73. The summed E-state index contributed by atoms with van der Waals surface area (Å²) in [6.45, 7) is 9.00. The summed E-state index contributed by atoms with van der Waals surface area (Å²) in [7, 11) is 0. The van der Waals surface area contributed by atoms with Gasteiger partial charge in [0.05, 0.1) is 19.1 Å². The molecule has 1 fully saturated rings. The third kappa shape index (κ3) is 16.9. The highest BCUT2D eigenvalue weighted by Gasteiger charge is 2.38. The second-order valence-electron chi connectivity index (χ2n) is 14.4. The molecule has 1 heterocycles. The maximum Gasteiger partial charge on any atom is 0.305 e. The lowest BCUT2D eigenvalue weighted by atomic mass is 9.99. The van der Waals surface area contributed by atoms with Crippen molar-refractivity contribution in [3.8, 4) is 0 Å². The molecule has 22 nitrogen and oxygen atoms in total. The highest BCUT2D eigenvalue weighted by atomic mass is 16.4. The molecule has 1 rings (SSSR count). The summed E-state index contributed by atoms with van der Waals surface area (Å²) in [4.78, 5) is 120. The molecule has 316 valence electrons. The van der Waals surface area contributed by atoms with E-state index in [4.69, 9.17) is 17.2 Å². The summed E-state index contributed by atoms with van der Waals surface area (Å²) < 4.78 is 0. The van der Waals surface area contributed by atoms with Crippen LogP contribution in [-0.2, 0) is 43.2 Å². The van der Waals surface area contributed by atoms with Crippen molar-refractivity contribution in [2.75, 3.05) is 19.6 Å². The van der Waals surface area contributed by atoms with Crippen LogP contribution in [0, 0.1) is 11.8 Å². The lowest BCUT2D eigenvalue weighted by Crippen LogP contribution is -2.60. The zero-order valence-corrected chi connectivity index (χ0v) is 32.8. The number of carbonyl (C=O) groups excluding carboxylic acids is 8. The summed E-state index contributed by atoms with van der Waals surface area (Å²) in [5, 5.41) is 33.9. The first-order valence-electron chi connectivity index (χ1n) is 18.4. The van der Waals surface area contributed by atoms with Gasteiger partial charge in [-0.05, 0) is 50.9 Å². The molecule has 1 aliphatic rings. The van der Waals surface area contributed by atoms with E-state index in [0.29, 0.717) is 6.42 Å². The van der Waals surface area contributed by atoms with Crippen molar-refractivity contribution in [1.82, 2.24) is 36.8 Å². The van der Waals surface area contributed by atoms with Crippen LogP contribution in [0.3, 0.4) is 0 Å². The lowest BCUT2D eigenvalue weighted by molar-refractivity contribution is -0.142. The van der Waals surface area contributed by atoms with E-state index in [1.165, 1.54) is 11.8 Å². The van der Waals surface area contributed by atoms with Crippen LogP contribution >= 0.6 is 0 Å². The number of hydrogen-bond donors (Lipinski definition) is 11. The third-order valence-corrected chi connectivity index (χ3v) is 8.62. The predicted octanol–water partition coefficient (Wildman–Crippen LogP) is -4.37. The number of likely N-dealkylation sites (tertiary alicyclic amines) is 1. The molecule has 56 heavy (non-hydrogen) atoms. The van der Waals surface area contributed by atoms with Crippen LogP contribution < -0.4 is 49.1 Å². The highest BCUT2D eigenvalue weighted by molar-refractivity contribution is 5.98. The first-order chi connectivity index (χ1) is 26.0.